The zero-order chi connectivity index (χ0) is 11.5. The summed E-state index contributed by atoms with van der Waals surface area (Å²) in [5.41, 5.74) is 0. The molecule has 0 N–H and O–H groups in total. The second-order valence-corrected chi connectivity index (χ2v) is 5.10. The highest BCUT2D eigenvalue weighted by molar-refractivity contribution is 4.87. The van der Waals surface area contributed by atoms with Gasteiger partial charge in [0.15, 0.2) is 5.82 Å². The first-order valence-corrected chi connectivity index (χ1v) is 6.21. The van der Waals surface area contributed by atoms with Crippen LogP contribution in [0.15, 0.2) is 4.52 Å². The third-order valence-electron chi connectivity index (χ3n) is 3.13. The van der Waals surface area contributed by atoms with Gasteiger partial charge in [0.05, 0.1) is 6.54 Å². The molecule has 1 aliphatic rings. The van der Waals surface area contributed by atoms with Gasteiger partial charge in [-0.3, -0.25) is 4.90 Å². The molecule has 2 heterocycles. The normalized spacial score (nSPS) is 27.2. The van der Waals surface area contributed by atoms with E-state index in [-0.39, 0.29) is 0 Å². The zero-order valence-corrected chi connectivity index (χ0v) is 10.4. The molecule has 0 unspecified atom stereocenters. The highest BCUT2D eigenvalue weighted by atomic mass is 16.5. The summed E-state index contributed by atoms with van der Waals surface area (Å²) in [6, 6.07) is 0. The van der Waals surface area contributed by atoms with E-state index in [0.717, 1.165) is 49.6 Å². The van der Waals surface area contributed by atoms with E-state index in [1.54, 1.807) is 0 Å². The van der Waals surface area contributed by atoms with Crippen molar-refractivity contribution in [1.82, 2.24) is 15.0 Å². The Labute approximate surface area is 97.0 Å². The Kier molecular flexibility index (Phi) is 3.59. The summed E-state index contributed by atoms with van der Waals surface area (Å²) in [5.74, 6) is 3.13. The van der Waals surface area contributed by atoms with Gasteiger partial charge in [0.1, 0.15) is 0 Å². The van der Waals surface area contributed by atoms with Gasteiger partial charge in [-0.15, -0.1) is 0 Å². The molecule has 4 nitrogen and oxygen atoms in total. The first-order valence-electron chi connectivity index (χ1n) is 6.21. The smallest absolute Gasteiger partial charge is 0.240 e. The zero-order valence-electron chi connectivity index (χ0n) is 10.4. The summed E-state index contributed by atoms with van der Waals surface area (Å²) in [6.07, 6.45) is 2.18. The van der Waals surface area contributed by atoms with Gasteiger partial charge in [-0.05, 0) is 18.3 Å². The van der Waals surface area contributed by atoms with E-state index in [1.807, 2.05) is 6.92 Å². The molecule has 0 aromatic carbocycles. The van der Waals surface area contributed by atoms with Crippen LogP contribution in [0, 0.1) is 11.8 Å². The highest BCUT2D eigenvalue weighted by Crippen LogP contribution is 2.22. The Balaban J connectivity index is 1.93. The first kappa shape index (κ1) is 11.6. The maximum atomic E-state index is 5.23. The van der Waals surface area contributed by atoms with Gasteiger partial charge in [-0.25, -0.2) is 0 Å². The van der Waals surface area contributed by atoms with Crippen molar-refractivity contribution in [2.75, 3.05) is 13.1 Å². The monoisotopic (exact) mass is 223 g/mol. The molecule has 1 aromatic heterocycles. The van der Waals surface area contributed by atoms with Crippen LogP contribution < -0.4 is 0 Å². The van der Waals surface area contributed by atoms with E-state index in [0.29, 0.717) is 0 Å². The minimum absolute atomic E-state index is 0.762. The molecule has 0 bridgehead atoms. The van der Waals surface area contributed by atoms with E-state index < -0.39 is 0 Å². The molecule has 0 amide bonds. The van der Waals surface area contributed by atoms with Crippen molar-refractivity contribution < 1.29 is 4.52 Å². The molecule has 90 valence electrons. The lowest BCUT2D eigenvalue weighted by Crippen LogP contribution is -2.38. The van der Waals surface area contributed by atoms with E-state index in [4.69, 9.17) is 4.52 Å². The Morgan fingerprint density at radius 3 is 2.56 bits per heavy atom. The maximum absolute atomic E-state index is 5.23. The van der Waals surface area contributed by atoms with Crippen molar-refractivity contribution in [2.45, 2.75) is 40.2 Å². The summed E-state index contributed by atoms with van der Waals surface area (Å²) in [7, 11) is 0. The molecule has 0 spiro atoms. The molecule has 0 radical (unpaired) electrons. The van der Waals surface area contributed by atoms with Crippen LogP contribution in [0.3, 0.4) is 0 Å². The molecule has 16 heavy (non-hydrogen) atoms. The fourth-order valence-corrected chi connectivity index (χ4v) is 2.61. The number of hydrogen-bond acceptors (Lipinski definition) is 4. The van der Waals surface area contributed by atoms with Crippen molar-refractivity contribution in [3.8, 4) is 0 Å². The molecule has 1 aromatic rings. The van der Waals surface area contributed by atoms with Crippen LogP contribution in [0.5, 0.6) is 0 Å². The summed E-state index contributed by atoms with van der Waals surface area (Å²) in [4.78, 5) is 6.78. The van der Waals surface area contributed by atoms with E-state index in [2.05, 4.69) is 28.9 Å². The molecule has 1 aliphatic heterocycles. The molecular formula is C12H21N3O. The van der Waals surface area contributed by atoms with Crippen molar-refractivity contribution in [2.24, 2.45) is 11.8 Å². The van der Waals surface area contributed by atoms with Crippen molar-refractivity contribution >= 4 is 0 Å². The van der Waals surface area contributed by atoms with Gasteiger partial charge in [-0.2, -0.15) is 4.98 Å². The van der Waals surface area contributed by atoms with Gasteiger partial charge in [0, 0.05) is 19.5 Å². The van der Waals surface area contributed by atoms with Crippen LogP contribution in [-0.4, -0.2) is 28.1 Å². The number of rotatable bonds is 3. The number of piperidine rings is 1. The van der Waals surface area contributed by atoms with Crippen LogP contribution >= 0.6 is 0 Å². The predicted molar refractivity (Wildman–Crippen MR) is 61.9 cm³/mol. The Morgan fingerprint density at radius 1 is 1.31 bits per heavy atom. The minimum Gasteiger partial charge on any atom is -0.338 e. The van der Waals surface area contributed by atoms with Gasteiger partial charge in [0.25, 0.3) is 0 Å². The first-order chi connectivity index (χ1) is 7.67. The van der Waals surface area contributed by atoms with Gasteiger partial charge in [-0.1, -0.05) is 25.9 Å². The quantitative estimate of drug-likeness (QED) is 0.787. The van der Waals surface area contributed by atoms with E-state index in [1.165, 1.54) is 6.42 Å². The van der Waals surface area contributed by atoms with Crippen LogP contribution in [0.25, 0.3) is 0 Å². The van der Waals surface area contributed by atoms with Gasteiger partial charge >= 0.3 is 0 Å². The number of hydrogen-bond donors (Lipinski definition) is 0. The van der Waals surface area contributed by atoms with Crippen molar-refractivity contribution in [3.05, 3.63) is 11.7 Å². The van der Waals surface area contributed by atoms with Gasteiger partial charge < -0.3 is 4.52 Å². The average molecular weight is 223 g/mol. The Morgan fingerprint density at radius 2 is 2.00 bits per heavy atom. The number of aryl methyl sites for hydroxylation is 1. The lowest BCUT2D eigenvalue weighted by molar-refractivity contribution is 0.121. The summed E-state index contributed by atoms with van der Waals surface area (Å²) in [5, 5.41) is 3.93. The Bertz CT molecular complexity index is 327. The predicted octanol–water partition coefficient (Wildman–Crippen LogP) is 2.11. The van der Waals surface area contributed by atoms with Crippen molar-refractivity contribution in [1.29, 1.82) is 0 Å². The number of likely N-dealkylation sites (tertiary alicyclic amines) is 1. The third-order valence-corrected chi connectivity index (χ3v) is 3.13. The molecule has 4 heteroatoms. The van der Waals surface area contributed by atoms with E-state index >= 15 is 0 Å². The lowest BCUT2D eigenvalue weighted by atomic mass is 9.92. The fraction of sp³-hybridized carbons (Fsp3) is 0.833. The molecule has 0 aliphatic carbocycles. The minimum atomic E-state index is 0.762. The molecule has 2 rings (SSSR count). The summed E-state index contributed by atoms with van der Waals surface area (Å²) in [6.45, 7) is 9.77. The summed E-state index contributed by atoms with van der Waals surface area (Å²) >= 11 is 0. The van der Waals surface area contributed by atoms with Crippen LogP contribution in [-0.2, 0) is 13.0 Å². The second kappa shape index (κ2) is 4.95. The third kappa shape index (κ3) is 2.82. The molecule has 1 saturated heterocycles. The standard InChI is InChI=1S/C12H21N3O/c1-4-11-13-12(16-14-11)8-15-6-9(2)5-10(3)7-15/h9-10H,4-8H2,1-3H3/t9-,10-/m0/s1. The molecular weight excluding hydrogens is 202 g/mol. The fourth-order valence-electron chi connectivity index (χ4n) is 2.61. The van der Waals surface area contributed by atoms with Crippen molar-refractivity contribution in [3.63, 3.8) is 0 Å². The molecule has 1 fully saturated rings. The van der Waals surface area contributed by atoms with Crippen LogP contribution in [0.2, 0.25) is 0 Å². The highest BCUT2D eigenvalue weighted by Gasteiger charge is 2.23. The second-order valence-electron chi connectivity index (χ2n) is 5.10. The van der Waals surface area contributed by atoms with E-state index in [9.17, 15) is 0 Å². The van der Waals surface area contributed by atoms with Crippen LogP contribution in [0.4, 0.5) is 0 Å². The topological polar surface area (TPSA) is 42.2 Å². The lowest BCUT2D eigenvalue weighted by Gasteiger charge is -2.33. The molecule has 2 atom stereocenters. The maximum Gasteiger partial charge on any atom is 0.240 e. The Hall–Kier alpha value is -0.900. The number of aromatic nitrogens is 2. The van der Waals surface area contributed by atoms with Crippen LogP contribution in [0.1, 0.15) is 38.9 Å². The SMILES string of the molecule is CCc1noc(CN2C[C@@H](C)C[C@H](C)C2)n1. The average Bonchev–Trinajstić information content (AvgIpc) is 2.64. The summed E-state index contributed by atoms with van der Waals surface area (Å²) < 4.78 is 5.23. The van der Waals surface area contributed by atoms with Gasteiger partial charge in [0.2, 0.25) is 5.89 Å². The number of nitrogens with zero attached hydrogens (tertiary/aromatic N) is 3. The largest absolute Gasteiger partial charge is 0.338 e. The molecule has 0 saturated carbocycles.